The second-order valence-electron chi connectivity index (χ2n) is 5.80. The summed E-state index contributed by atoms with van der Waals surface area (Å²) in [5.41, 5.74) is 0.708. The lowest BCUT2D eigenvalue weighted by atomic mass is 10.2. The summed E-state index contributed by atoms with van der Waals surface area (Å²) in [6.45, 7) is 0. The highest BCUT2D eigenvalue weighted by Gasteiger charge is 2.17. The lowest BCUT2D eigenvalue weighted by molar-refractivity contribution is 0.599. The number of aromatic nitrogens is 1. The Balaban J connectivity index is 1.73. The summed E-state index contributed by atoms with van der Waals surface area (Å²) in [7, 11) is -7.55. The molecule has 2 aromatic carbocycles. The Kier molecular flexibility index (Phi) is 5.87. The molecule has 0 spiro atoms. The fourth-order valence-electron chi connectivity index (χ4n) is 2.36. The number of rotatable bonds is 7. The monoisotopic (exact) mass is 437 g/mol. The van der Waals surface area contributed by atoms with Crippen LogP contribution in [0.1, 0.15) is 5.56 Å². The van der Waals surface area contributed by atoms with E-state index >= 15 is 0 Å². The predicted molar refractivity (Wildman–Crippen MR) is 109 cm³/mol. The number of hydrogen-bond donors (Lipinski definition) is 2. The fourth-order valence-corrected chi connectivity index (χ4v) is 4.88. The number of nitrogens with one attached hydrogen (secondary N) is 2. The molecular weight excluding hydrogens is 422 g/mol. The first-order valence-electron chi connectivity index (χ1n) is 8.03. The molecule has 0 aliphatic rings. The molecule has 10 heteroatoms. The van der Waals surface area contributed by atoms with Crippen molar-refractivity contribution in [2.24, 2.45) is 0 Å². The van der Waals surface area contributed by atoms with Crippen molar-refractivity contribution in [3.63, 3.8) is 0 Å². The maximum Gasteiger partial charge on any atom is 0.263 e. The molecule has 3 aromatic rings. The van der Waals surface area contributed by atoms with Crippen LogP contribution in [0.15, 0.2) is 77.8 Å². The summed E-state index contributed by atoms with van der Waals surface area (Å²) in [4.78, 5) is 3.89. The molecule has 1 aromatic heterocycles. The van der Waals surface area contributed by atoms with Crippen LogP contribution in [0.25, 0.3) is 0 Å². The summed E-state index contributed by atoms with van der Waals surface area (Å²) in [6.07, 6.45) is 1.47. The fraction of sp³-hybridized carbons (Fsp3) is 0.0556. The van der Waals surface area contributed by atoms with Crippen molar-refractivity contribution in [1.82, 2.24) is 4.98 Å². The maximum atomic E-state index is 12.4. The summed E-state index contributed by atoms with van der Waals surface area (Å²) in [5.74, 6) is -0.111. The van der Waals surface area contributed by atoms with Crippen molar-refractivity contribution in [3.05, 3.63) is 83.5 Å². The standard InChI is InChI=1S/C18H16ClN3O4S2/c19-17-6-2-1-5-14(17)13-27(23,24)21-15-8-10-16(11-9-15)28(25,26)22-18-7-3-4-12-20-18/h1-12,21H,13H2,(H,20,22). The van der Waals surface area contributed by atoms with Gasteiger partial charge in [-0.05, 0) is 48.0 Å². The summed E-state index contributed by atoms with van der Waals surface area (Å²) < 4.78 is 54.2. The van der Waals surface area contributed by atoms with Gasteiger partial charge in [-0.25, -0.2) is 21.8 Å². The van der Waals surface area contributed by atoms with E-state index in [9.17, 15) is 16.8 Å². The van der Waals surface area contributed by atoms with Crippen LogP contribution in [0.4, 0.5) is 11.5 Å². The molecule has 0 aliphatic carbocycles. The molecular formula is C18H16ClN3O4S2. The van der Waals surface area contributed by atoms with E-state index in [0.29, 0.717) is 10.6 Å². The molecule has 28 heavy (non-hydrogen) atoms. The smallest absolute Gasteiger partial charge is 0.263 e. The van der Waals surface area contributed by atoms with E-state index in [-0.39, 0.29) is 22.2 Å². The maximum absolute atomic E-state index is 12.4. The SMILES string of the molecule is O=S(=O)(Cc1ccccc1Cl)Nc1ccc(S(=O)(=O)Nc2ccccn2)cc1. The van der Waals surface area contributed by atoms with Crippen LogP contribution in [0, 0.1) is 0 Å². The molecule has 0 atom stereocenters. The Morgan fingerprint density at radius 3 is 2.14 bits per heavy atom. The molecule has 1 heterocycles. The van der Waals surface area contributed by atoms with Gasteiger partial charge in [0.2, 0.25) is 10.0 Å². The van der Waals surface area contributed by atoms with Crippen molar-refractivity contribution in [2.75, 3.05) is 9.44 Å². The van der Waals surface area contributed by atoms with Gasteiger partial charge in [0.1, 0.15) is 5.82 Å². The molecule has 0 radical (unpaired) electrons. The minimum absolute atomic E-state index is 0.0211. The van der Waals surface area contributed by atoms with Crippen molar-refractivity contribution in [3.8, 4) is 0 Å². The Morgan fingerprint density at radius 2 is 1.50 bits per heavy atom. The number of anilines is 2. The van der Waals surface area contributed by atoms with Crippen molar-refractivity contribution >= 4 is 43.2 Å². The zero-order valence-electron chi connectivity index (χ0n) is 14.4. The van der Waals surface area contributed by atoms with E-state index in [1.54, 1.807) is 36.4 Å². The first-order valence-corrected chi connectivity index (χ1v) is 11.5. The zero-order chi connectivity index (χ0) is 20.2. The molecule has 2 N–H and O–H groups in total. The van der Waals surface area contributed by atoms with Gasteiger partial charge in [0, 0.05) is 16.9 Å². The summed E-state index contributed by atoms with van der Waals surface area (Å²) >= 11 is 6.00. The predicted octanol–water partition coefficient (Wildman–Crippen LogP) is 3.48. The van der Waals surface area contributed by atoms with E-state index in [1.165, 1.54) is 36.5 Å². The van der Waals surface area contributed by atoms with Crippen molar-refractivity contribution in [1.29, 1.82) is 0 Å². The summed E-state index contributed by atoms with van der Waals surface area (Å²) in [5, 5.41) is 0.356. The largest absolute Gasteiger partial charge is 0.283 e. The number of sulfonamides is 2. The number of benzene rings is 2. The van der Waals surface area contributed by atoms with Gasteiger partial charge in [0.05, 0.1) is 10.6 Å². The molecule has 146 valence electrons. The van der Waals surface area contributed by atoms with Gasteiger partial charge in [-0.1, -0.05) is 35.9 Å². The minimum Gasteiger partial charge on any atom is -0.283 e. The molecule has 0 unspecified atom stereocenters. The van der Waals surface area contributed by atoms with Crippen LogP contribution >= 0.6 is 11.6 Å². The molecule has 0 saturated carbocycles. The van der Waals surface area contributed by atoms with E-state index in [2.05, 4.69) is 14.4 Å². The normalized spacial score (nSPS) is 11.8. The summed E-state index contributed by atoms with van der Waals surface area (Å²) in [6, 6.07) is 16.8. The Morgan fingerprint density at radius 1 is 0.821 bits per heavy atom. The van der Waals surface area contributed by atoms with Crippen molar-refractivity contribution < 1.29 is 16.8 Å². The molecule has 0 amide bonds. The average molecular weight is 438 g/mol. The Labute approximate surface area is 168 Å². The number of halogens is 1. The van der Waals surface area contributed by atoms with Gasteiger partial charge in [-0.15, -0.1) is 0 Å². The highest BCUT2D eigenvalue weighted by molar-refractivity contribution is 7.92. The van der Waals surface area contributed by atoms with E-state index < -0.39 is 20.0 Å². The Bertz CT molecular complexity index is 1170. The third-order valence-corrected chi connectivity index (χ3v) is 6.62. The van der Waals surface area contributed by atoms with E-state index in [4.69, 9.17) is 11.6 Å². The molecule has 7 nitrogen and oxygen atoms in total. The molecule has 3 rings (SSSR count). The van der Waals surface area contributed by atoms with E-state index in [0.717, 1.165) is 0 Å². The van der Waals surface area contributed by atoms with Crippen LogP contribution in [0.3, 0.4) is 0 Å². The van der Waals surface area contributed by atoms with Crippen LogP contribution in [-0.2, 0) is 25.8 Å². The molecule has 0 fully saturated rings. The lowest BCUT2D eigenvalue weighted by Crippen LogP contribution is -2.16. The third kappa shape index (κ3) is 5.22. The highest BCUT2D eigenvalue weighted by atomic mass is 35.5. The van der Waals surface area contributed by atoms with Gasteiger partial charge in [0.15, 0.2) is 0 Å². The first-order chi connectivity index (χ1) is 13.3. The quantitative estimate of drug-likeness (QED) is 0.588. The topological polar surface area (TPSA) is 105 Å². The van der Waals surface area contributed by atoms with Gasteiger partial charge in [-0.2, -0.15) is 0 Å². The second-order valence-corrected chi connectivity index (χ2v) is 9.61. The van der Waals surface area contributed by atoms with Crippen LogP contribution in [0.5, 0.6) is 0 Å². The van der Waals surface area contributed by atoms with Gasteiger partial charge < -0.3 is 0 Å². The lowest BCUT2D eigenvalue weighted by Gasteiger charge is -2.11. The third-order valence-electron chi connectivity index (χ3n) is 3.65. The number of nitrogens with zero attached hydrogens (tertiary/aromatic N) is 1. The van der Waals surface area contributed by atoms with Gasteiger partial charge >= 0.3 is 0 Å². The van der Waals surface area contributed by atoms with Gasteiger partial charge in [0.25, 0.3) is 10.0 Å². The van der Waals surface area contributed by atoms with Gasteiger partial charge in [-0.3, -0.25) is 9.44 Å². The number of hydrogen-bond acceptors (Lipinski definition) is 5. The molecule has 0 aliphatic heterocycles. The molecule has 0 bridgehead atoms. The van der Waals surface area contributed by atoms with Crippen LogP contribution < -0.4 is 9.44 Å². The number of pyridine rings is 1. The first kappa shape index (κ1) is 20.1. The van der Waals surface area contributed by atoms with Crippen LogP contribution in [0.2, 0.25) is 5.02 Å². The van der Waals surface area contributed by atoms with E-state index in [1.807, 2.05) is 0 Å². The zero-order valence-corrected chi connectivity index (χ0v) is 16.8. The second kappa shape index (κ2) is 8.17. The van der Waals surface area contributed by atoms with Crippen molar-refractivity contribution in [2.45, 2.75) is 10.6 Å². The highest BCUT2D eigenvalue weighted by Crippen LogP contribution is 2.21. The molecule has 0 saturated heterocycles. The Hall–Kier alpha value is -2.62. The minimum atomic E-state index is -3.84. The van der Waals surface area contributed by atoms with Crippen LogP contribution in [-0.4, -0.2) is 21.8 Å². The average Bonchev–Trinajstić information content (AvgIpc) is 2.64.